The summed E-state index contributed by atoms with van der Waals surface area (Å²) in [4.78, 5) is 4.94. The van der Waals surface area contributed by atoms with Crippen molar-refractivity contribution in [2.75, 3.05) is 33.7 Å². The van der Waals surface area contributed by atoms with Gasteiger partial charge in [-0.3, -0.25) is 4.90 Å². The number of likely N-dealkylation sites (tertiary alicyclic amines) is 1. The average Bonchev–Trinajstić information content (AvgIpc) is 2.42. The van der Waals surface area contributed by atoms with Crippen LogP contribution in [0.4, 0.5) is 0 Å². The molecule has 0 amide bonds. The molecule has 0 radical (unpaired) electrons. The van der Waals surface area contributed by atoms with E-state index in [1.165, 1.54) is 37.1 Å². The normalized spacial score (nSPS) is 18.1. The van der Waals surface area contributed by atoms with Crippen molar-refractivity contribution in [1.29, 1.82) is 0 Å². The summed E-state index contributed by atoms with van der Waals surface area (Å²) in [6.45, 7) is 4.22. The van der Waals surface area contributed by atoms with E-state index < -0.39 is 0 Å². The molecular formula is C16H27N3. The molecule has 1 heterocycles. The minimum atomic E-state index is 0.724. The van der Waals surface area contributed by atoms with Crippen LogP contribution in [0.25, 0.3) is 0 Å². The lowest BCUT2D eigenvalue weighted by Gasteiger charge is -2.35. The summed E-state index contributed by atoms with van der Waals surface area (Å²) in [7, 11) is 4.47. The fourth-order valence-corrected chi connectivity index (χ4v) is 2.94. The third kappa shape index (κ3) is 4.03. The SMILES string of the molecule is CN1CCC(N(C)Cc2ccccc2CCN)CC1. The van der Waals surface area contributed by atoms with Crippen LogP contribution < -0.4 is 5.73 Å². The maximum atomic E-state index is 5.70. The van der Waals surface area contributed by atoms with Crippen LogP contribution in [0, 0.1) is 0 Å². The Morgan fingerprint density at radius 2 is 1.84 bits per heavy atom. The summed E-state index contributed by atoms with van der Waals surface area (Å²) >= 11 is 0. The molecule has 2 N–H and O–H groups in total. The average molecular weight is 261 g/mol. The molecular weight excluding hydrogens is 234 g/mol. The monoisotopic (exact) mass is 261 g/mol. The molecule has 3 nitrogen and oxygen atoms in total. The molecule has 0 aromatic heterocycles. The van der Waals surface area contributed by atoms with Gasteiger partial charge in [0.2, 0.25) is 0 Å². The summed E-state index contributed by atoms with van der Waals surface area (Å²) in [5, 5.41) is 0. The molecule has 0 aliphatic carbocycles. The number of hydrogen-bond acceptors (Lipinski definition) is 3. The van der Waals surface area contributed by atoms with E-state index in [0.29, 0.717) is 0 Å². The van der Waals surface area contributed by atoms with Gasteiger partial charge in [-0.05, 0) is 64.1 Å². The van der Waals surface area contributed by atoms with Gasteiger partial charge in [-0.2, -0.15) is 0 Å². The van der Waals surface area contributed by atoms with Crippen molar-refractivity contribution in [2.45, 2.75) is 31.8 Å². The fourth-order valence-electron chi connectivity index (χ4n) is 2.94. The van der Waals surface area contributed by atoms with Crippen LogP contribution in [0.5, 0.6) is 0 Å². The second kappa shape index (κ2) is 7.04. The Kier molecular flexibility index (Phi) is 5.37. The molecule has 0 unspecified atom stereocenters. The van der Waals surface area contributed by atoms with Crippen LogP contribution in [0.2, 0.25) is 0 Å². The zero-order valence-electron chi connectivity index (χ0n) is 12.3. The zero-order valence-corrected chi connectivity index (χ0v) is 12.3. The number of hydrogen-bond donors (Lipinski definition) is 1. The van der Waals surface area contributed by atoms with Crippen molar-refractivity contribution in [3.63, 3.8) is 0 Å². The number of nitrogens with two attached hydrogens (primary N) is 1. The summed E-state index contributed by atoms with van der Waals surface area (Å²) in [6.07, 6.45) is 3.55. The van der Waals surface area contributed by atoms with Gasteiger partial charge in [0, 0.05) is 12.6 Å². The van der Waals surface area contributed by atoms with Crippen molar-refractivity contribution < 1.29 is 0 Å². The second-order valence-electron chi connectivity index (χ2n) is 5.76. The van der Waals surface area contributed by atoms with Crippen molar-refractivity contribution in [3.8, 4) is 0 Å². The van der Waals surface area contributed by atoms with Gasteiger partial charge >= 0.3 is 0 Å². The first kappa shape index (κ1) is 14.5. The Hall–Kier alpha value is -0.900. The molecule has 1 fully saturated rings. The Balaban J connectivity index is 1.96. The van der Waals surface area contributed by atoms with Crippen molar-refractivity contribution in [2.24, 2.45) is 5.73 Å². The fraction of sp³-hybridized carbons (Fsp3) is 0.625. The van der Waals surface area contributed by atoms with Gasteiger partial charge in [-0.15, -0.1) is 0 Å². The topological polar surface area (TPSA) is 32.5 Å². The van der Waals surface area contributed by atoms with Gasteiger partial charge in [0.1, 0.15) is 0 Å². The van der Waals surface area contributed by atoms with Gasteiger partial charge in [0.15, 0.2) is 0 Å². The largest absolute Gasteiger partial charge is 0.330 e. The first-order chi connectivity index (χ1) is 9.20. The number of piperidine rings is 1. The van der Waals surface area contributed by atoms with E-state index in [2.05, 4.69) is 48.2 Å². The van der Waals surface area contributed by atoms with E-state index in [0.717, 1.165) is 25.6 Å². The van der Waals surface area contributed by atoms with Crippen molar-refractivity contribution in [1.82, 2.24) is 9.80 Å². The summed E-state index contributed by atoms with van der Waals surface area (Å²) in [5.41, 5.74) is 8.55. The van der Waals surface area contributed by atoms with Crippen LogP contribution in [0.3, 0.4) is 0 Å². The Morgan fingerprint density at radius 3 is 2.47 bits per heavy atom. The summed E-state index contributed by atoms with van der Waals surface area (Å²) in [6, 6.07) is 9.44. The van der Waals surface area contributed by atoms with E-state index in [-0.39, 0.29) is 0 Å². The van der Waals surface area contributed by atoms with Gasteiger partial charge in [-0.25, -0.2) is 0 Å². The number of nitrogens with zero attached hydrogens (tertiary/aromatic N) is 2. The van der Waals surface area contributed by atoms with E-state index >= 15 is 0 Å². The Bertz CT molecular complexity index is 383. The van der Waals surface area contributed by atoms with E-state index in [1.54, 1.807) is 0 Å². The van der Waals surface area contributed by atoms with Crippen LogP contribution in [0.1, 0.15) is 24.0 Å². The third-order valence-electron chi connectivity index (χ3n) is 4.26. The molecule has 2 rings (SSSR count). The molecule has 1 saturated heterocycles. The highest BCUT2D eigenvalue weighted by Crippen LogP contribution is 2.18. The van der Waals surface area contributed by atoms with Crippen LogP contribution >= 0.6 is 0 Å². The van der Waals surface area contributed by atoms with Gasteiger partial charge in [-0.1, -0.05) is 24.3 Å². The van der Waals surface area contributed by atoms with Crippen molar-refractivity contribution >= 4 is 0 Å². The Labute approximate surface area is 117 Å². The molecule has 1 aromatic carbocycles. The molecule has 0 bridgehead atoms. The highest BCUT2D eigenvalue weighted by atomic mass is 15.2. The Morgan fingerprint density at radius 1 is 1.21 bits per heavy atom. The lowest BCUT2D eigenvalue weighted by Crippen LogP contribution is -2.41. The van der Waals surface area contributed by atoms with E-state index in [1.807, 2.05) is 0 Å². The predicted molar refractivity (Wildman–Crippen MR) is 81.2 cm³/mol. The predicted octanol–water partition coefficient (Wildman–Crippen LogP) is 1.71. The third-order valence-corrected chi connectivity index (χ3v) is 4.26. The van der Waals surface area contributed by atoms with Crippen molar-refractivity contribution in [3.05, 3.63) is 35.4 Å². The molecule has 19 heavy (non-hydrogen) atoms. The maximum absolute atomic E-state index is 5.70. The van der Waals surface area contributed by atoms with E-state index in [4.69, 9.17) is 5.73 Å². The van der Waals surface area contributed by atoms with Gasteiger partial charge in [0.05, 0.1) is 0 Å². The first-order valence-electron chi connectivity index (χ1n) is 7.36. The lowest BCUT2D eigenvalue weighted by atomic mass is 10.0. The van der Waals surface area contributed by atoms with Crippen LogP contribution in [-0.2, 0) is 13.0 Å². The second-order valence-corrected chi connectivity index (χ2v) is 5.76. The zero-order chi connectivity index (χ0) is 13.7. The van der Waals surface area contributed by atoms with Crippen LogP contribution in [0.15, 0.2) is 24.3 Å². The minimum absolute atomic E-state index is 0.724. The molecule has 1 aromatic rings. The highest BCUT2D eigenvalue weighted by Gasteiger charge is 2.20. The number of benzene rings is 1. The quantitative estimate of drug-likeness (QED) is 0.876. The first-order valence-corrected chi connectivity index (χ1v) is 7.36. The lowest BCUT2D eigenvalue weighted by molar-refractivity contribution is 0.139. The highest BCUT2D eigenvalue weighted by molar-refractivity contribution is 5.27. The molecule has 0 spiro atoms. The molecule has 1 aliphatic heterocycles. The van der Waals surface area contributed by atoms with Crippen LogP contribution in [-0.4, -0.2) is 49.6 Å². The molecule has 3 heteroatoms. The van der Waals surface area contributed by atoms with Gasteiger partial charge < -0.3 is 10.6 Å². The molecule has 106 valence electrons. The standard InChI is InChI=1S/C16H27N3/c1-18-11-8-16(9-12-18)19(2)13-15-6-4-3-5-14(15)7-10-17/h3-6,16H,7-13,17H2,1-2H3. The summed E-state index contributed by atoms with van der Waals surface area (Å²) in [5.74, 6) is 0. The molecule has 0 atom stereocenters. The molecule has 1 aliphatic rings. The summed E-state index contributed by atoms with van der Waals surface area (Å²) < 4.78 is 0. The smallest absolute Gasteiger partial charge is 0.0236 e. The maximum Gasteiger partial charge on any atom is 0.0236 e. The number of rotatable bonds is 5. The minimum Gasteiger partial charge on any atom is -0.330 e. The molecule has 0 saturated carbocycles. The van der Waals surface area contributed by atoms with E-state index in [9.17, 15) is 0 Å². The van der Waals surface area contributed by atoms with Gasteiger partial charge in [0.25, 0.3) is 0 Å².